The Kier molecular flexibility index (Phi) is 7.63. The van der Waals surface area contributed by atoms with Crippen LogP contribution in [0, 0.1) is 0 Å². The summed E-state index contributed by atoms with van der Waals surface area (Å²) >= 11 is 8.59. The van der Waals surface area contributed by atoms with Gasteiger partial charge in [0.15, 0.2) is 0 Å². The Balaban J connectivity index is 3.04. The summed E-state index contributed by atoms with van der Waals surface area (Å²) in [5.41, 5.74) is 7.45. The van der Waals surface area contributed by atoms with Crippen LogP contribution in [0.25, 0.3) is 0 Å². The van der Waals surface area contributed by atoms with Crippen molar-refractivity contribution in [2.24, 2.45) is 5.73 Å². The normalized spacial score (nSPS) is 10.2. The summed E-state index contributed by atoms with van der Waals surface area (Å²) in [6.07, 6.45) is 0.281. The number of nitrogens with zero attached hydrogens (tertiary/aromatic N) is 1. The van der Waals surface area contributed by atoms with Crippen molar-refractivity contribution in [1.29, 1.82) is 0 Å². The second kappa shape index (κ2) is 8.96. The maximum atomic E-state index is 11.4. The van der Waals surface area contributed by atoms with Crippen LogP contribution in [0.4, 0.5) is 5.69 Å². The molecule has 0 bridgehead atoms. The molecule has 0 aliphatic rings. The van der Waals surface area contributed by atoms with Crippen LogP contribution in [0.5, 0.6) is 0 Å². The lowest BCUT2D eigenvalue weighted by atomic mass is 10.1. The number of nitrogens with two attached hydrogens (primary N) is 1. The Labute approximate surface area is 138 Å². The minimum absolute atomic E-state index is 0.260. The van der Waals surface area contributed by atoms with Crippen molar-refractivity contribution >= 4 is 44.8 Å². The predicted octanol–water partition coefficient (Wildman–Crippen LogP) is 2.10. The first-order valence-electron chi connectivity index (χ1n) is 6.40. The van der Waals surface area contributed by atoms with Crippen molar-refractivity contribution in [3.63, 3.8) is 0 Å². The Bertz CT molecular complexity index is 511. The largest absolute Gasteiger partial charge is 0.469 e. The van der Waals surface area contributed by atoms with Gasteiger partial charge in [-0.15, -0.1) is 0 Å². The van der Waals surface area contributed by atoms with Crippen molar-refractivity contribution in [3.8, 4) is 0 Å². The van der Waals surface area contributed by atoms with Gasteiger partial charge in [0.05, 0.1) is 20.1 Å². The molecule has 116 valence electrons. The first-order valence-corrected chi connectivity index (χ1v) is 7.60. The molecule has 0 saturated carbocycles. The SMILES string of the molecule is COCCN(CCC(=O)OC)c1cccc(Br)c1C(N)=S. The summed E-state index contributed by atoms with van der Waals surface area (Å²) in [5, 5.41) is 0. The van der Waals surface area contributed by atoms with E-state index >= 15 is 0 Å². The highest BCUT2D eigenvalue weighted by atomic mass is 79.9. The van der Waals surface area contributed by atoms with Crippen LogP contribution in [-0.2, 0) is 14.3 Å². The van der Waals surface area contributed by atoms with Crippen molar-refractivity contribution < 1.29 is 14.3 Å². The van der Waals surface area contributed by atoms with Crippen molar-refractivity contribution in [1.82, 2.24) is 0 Å². The van der Waals surface area contributed by atoms with Crippen molar-refractivity contribution in [2.75, 3.05) is 38.8 Å². The number of hydrogen-bond acceptors (Lipinski definition) is 5. The third-order valence-corrected chi connectivity index (χ3v) is 3.82. The first-order chi connectivity index (χ1) is 10.0. The topological polar surface area (TPSA) is 64.8 Å². The number of carbonyl (C=O) groups excluding carboxylic acids is 1. The highest BCUT2D eigenvalue weighted by molar-refractivity contribution is 9.10. The zero-order valence-corrected chi connectivity index (χ0v) is 14.5. The highest BCUT2D eigenvalue weighted by Crippen LogP contribution is 2.28. The monoisotopic (exact) mass is 374 g/mol. The number of rotatable bonds is 8. The molecule has 0 atom stereocenters. The summed E-state index contributed by atoms with van der Waals surface area (Å²) in [4.78, 5) is 13.7. The molecule has 0 heterocycles. The molecular formula is C14H19BrN2O3S. The molecule has 0 unspecified atom stereocenters. The number of anilines is 1. The van der Waals surface area contributed by atoms with Gasteiger partial charge in [-0.2, -0.15) is 0 Å². The van der Waals surface area contributed by atoms with E-state index in [1.54, 1.807) is 7.11 Å². The van der Waals surface area contributed by atoms with Gasteiger partial charge in [0.1, 0.15) is 4.99 Å². The molecular weight excluding hydrogens is 356 g/mol. The molecule has 1 aromatic carbocycles. The quantitative estimate of drug-likeness (QED) is 0.555. The molecule has 5 nitrogen and oxygen atoms in total. The van der Waals surface area contributed by atoms with E-state index in [1.165, 1.54) is 7.11 Å². The van der Waals surface area contributed by atoms with Gasteiger partial charge in [0.2, 0.25) is 0 Å². The van der Waals surface area contributed by atoms with Gasteiger partial charge >= 0.3 is 5.97 Å². The van der Waals surface area contributed by atoms with E-state index in [9.17, 15) is 4.79 Å². The molecule has 0 spiro atoms. The molecule has 0 amide bonds. The molecule has 0 aromatic heterocycles. The van der Waals surface area contributed by atoms with Crippen LogP contribution in [0.15, 0.2) is 22.7 Å². The number of ether oxygens (including phenoxy) is 2. The van der Waals surface area contributed by atoms with Gasteiger partial charge in [-0.05, 0) is 28.1 Å². The number of esters is 1. The molecule has 7 heteroatoms. The number of hydrogen-bond donors (Lipinski definition) is 1. The smallest absolute Gasteiger partial charge is 0.307 e. The molecule has 1 rings (SSSR count). The van der Waals surface area contributed by atoms with Gasteiger partial charge < -0.3 is 20.1 Å². The van der Waals surface area contributed by atoms with Crippen LogP contribution in [0.3, 0.4) is 0 Å². The van der Waals surface area contributed by atoms with Gasteiger partial charge in [0.25, 0.3) is 0 Å². The Hall–Kier alpha value is -1.18. The van der Waals surface area contributed by atoms with Crippen molar-refractivity contribution in [2.45, 2.75) is 6.42 Å². The first kappa shape index (κ1) is 17.9. The van der Waals surface area contributed by atoms with E-state index in [0.717, 1.165) is 15.7 Å². The van der Waals surface area contributed by atoms with Gasteiger partial charge in [-0.1, -0.05) is 18.3 Å². The van der Waals surface area contributed by atoms with E-state index in [2.05, 4.69) is 20.7 Å². The van der Waals surface area contributed by atoms with E-state index in [1.807, 2.05) is 23.1 Å². The summed E-state index contributed by atoms with van der Waals surface area (Å²) in [6.45, 7) is 1.66. The molecule has 2 N–H and O–H groups in total. The summed E-state index contributed by atoms with van der Waals surface area (Å²) < 4.78 is 10.6. The maximum Gasteiger partial charge on any atom is 0.307 e. The predicted molar refractivity (Wildman–Crippen MR) is 90.8 cm³/mol. The minimum atomic E-state index is -0.260. The van der Waals surface area contributed by atoms with Gasteiger partial charge in [-0.25, -0.2) is 0 Å². The van der Waals surface area contributed by atoms with Crippen LogP contribution < -0.4 is 10.6 Å². The van der Waals surface area contributed by atoms with E-state index in [-0.39, 0.29) is 12.4 Å². The second-order valence-corrected chi connectivity index (χ2v) is 5.60. The van der Waals surface area contributed by atoms with E-state index in [0.29, 0.717) is 24.7 Å². The average Bonchev–Trinajstić information content (AvgIpc) is 2.46. The van der Waals surface area contributed by atoms with Gasteiger partial charge in [0, 0.05) is 35.9 Å². The lowest BCUT2D eigenvalue weighted by molar-refractivity contribution is -0.140. The molecule has 0 radical (unpaired) electrons. The fourth-order valence-electron chi connectivity index (χ4n) is 1.90. The van der Waals surface area contributed by atoms with Crippen molar-refractivity contribution in [3.05, 3.63) is 28.2 Å². The summed E-state index contributed by atoms with van der Waals surface area (Å²) in [7, 11) is 3.01. The molecule has 0 aliphatic heterocycles. The molecule has 21 heavy (non-hydrogen) atoms. The fourth-order valence-corrected chi connectivity index (χ4v) is 2.82. The highest BCUT2D eigenvalue weighted by Gasteiger charge is 2.16. The number of carbonyl (C=O) groups is 1. The number of halogens is 1. The van der Waals surface area contributed by atoms with Crippen LogP contribution in [0.2, 0.25) is 0 Å². The van der Waals surface area contributed by atoms with E-state index < -0.39 is 0 Å². The number of thiocarbonyl (C=S) groups is 1. The van der Waals surface area contributed by atoms with E-state index in [4.69, 9.17) is 22.7 Å². The summed E-state index contributed by atoms with van der Waals surface area (Å²) in [5.74, 6) is -0.260. The molecule has 0 saturated heterocycles. The average molecular weight is 375 g/mol. The number of benzene rings is 1. The van der Waals surface area contributed by atoms with Crippen LogP contribution >= 0.6 is 28.1 Å². The van der Waals surface area contributed by atoms with Gasteiger partial charge in [-0.3, -0.25) is 4.79 Å². The Morgan fingerprint density at radius 2 is 2.10 bits per heavy atom. The van der Waals surface area contributed by atoms with Crippen LogP contribution in [0.1, 0.15) is 12.0 Å². The standard InChI is InChI=1S/C14H19BrN2O3S/c1-19-9-8-17(7-6-12(18)20-2)11-5-3-4-10(15)13(11)14(16)21/h3-5H,6-9H2,1-2H3,(H2,16,21). The Morgan fingerprint density at radius 3 is 2.67 bits per heavy atom. The fraction of sp³-hybridized carbons (Fsp3) is 0.429. The Morgan fingerprint density at radius 1 is 1.38 bits per heavy atom. The minimum Gasteiger partial charge on any atom is -0.469 e. The number of methoxy groups -OCH3 is 2. The lowest BCUT2D eigenvalue weighted by Gasteiger charge is -2.27. The zero-order valence-electron chi connectivity index (χ0n) is 12.1. The molecule has 0 aliphatic carbocycles. The molecule has 1 aromatic rings. The lowest BCUT2D eigenvalue weighted by Crippen LogP contribution is -2.32. The summed E-state index contributed by atoms with van der Waals surface area (Å²) in [6, 6.07) is 5.71. The second-order valence-electron chi connectivity index (χ2n) is 4.30. The maximum absolute atomic E-state index is 11.4. The third-order valence-electron chi connectivity index (χ3n) is 2.96. The third kappa shape index (κ3) is 5.26. The zero-order chi connectivity index (χ0) is 15.8. The molecule has 0 fully saturated rings. The van der Waals surface area contributed by atoms with Crippen LogP contribution in [-0.4, -0.2) is 44.9 Å².